The first-order chi connectivity index (χ1) is 8.49. The number of carboxylic acids is 1. The lowest BCUT2D eigenvalue weighted by Crippen LogP contribution is -2.03. The zero-order valence-electron chi connectivity index (χ0n) is 10.1. The molecule has 0 saturated carbocycles. The van der Waals surface area contributed by atoms with Crippen LogP contribution in [0.25, 0.3) is 5.69 Å². The molecule has 2 aromatic rings. The lowest BCUT2D eigenvalue weighted by Gasteiger charge is -2.07. The zero-order chi connectivity index (χ0) is 13.3. The minimum absolute atomic E-state index is 0.00113. The van der Waals surface area contributed by atoms with Gasteiger partial charge in [-0.3, -0.25) is 4.79 Å². The highest BCUT2D eigenvalue weighted by Crippen LogP contribution is 2.21. The quantitative estimate of drug-likeness (QED) is 0.948. The van der Waals surface area contributed by atoms with Crippen molar-refractivity contribution in [1.29, 1.82) is 0 Å². The molecule has 0 amide bonds. The summed E-state index contributed by atoms with van der Waals surface area (Å²) < 4.78 is 2.76. The van der Waals surface area contributed by atoms with E-state index in [0.717, 1.165) is 27.0 Å². The fourth-order valence-electron chi connectivity index (χ4n) is 1.75. The highest BCUT2D eigenvalue weighted by atomic mass is 79.9. The molecular formula is C13H13BrN2O2. The minimum atomic E-state index is -0.845. The number of aromatic nitrogens is 2. The van der Waals surface area contributed by atoms with Gasteiger partial charge >= 0.3 is 5.97 Å². The smallest absolute Gasteiger partial charge is 0.307 e. The third-order valence-corrected chi connectivity index (χ3v) is 3.71. The maximum atomic E-state index is 10.7. The van der Waals surface area contributed by atoms with Crippen LogP contribution in [0.15, 0.2) is 28.9 Å². The summed E-state index contributed by atoms with van der Waals surface area (Å²) in [6.07, 6.45) is 1.61. The number of hydrogen-bond donors (Lipinski definition) is 1. The predicted octanol–water partition coefficient (Wildman–Crippen LogP) is 2.88. The van der Waals surface area contributed by atoms with Crippen LogP contribution in [0.4, 0.5) is 0 Å². The van der Waals surface area contributed by atoms with E-state index in [1.165, 1.54) is 0 Å². The van der Waals surface area contributed by atoms with E-state index in [-0.39, 0.29) is 6.42 Å². The van der Waals surface area contributed by atoms with Crippen molar-refractivity contribution in [2.75, 3.05) is 0 Å². The predicted molar refractivity (Wildman–Crippen MR) is 72.1 cm³/mol. The van der Waals surface area contributed by atoms with Crippen molar-refractivity contribution >= 4 is 21.9 Å². The van der Waals surface area contributed by atoms with Crippen LogP contribution in [-0.4, -0.2) is 20.9 Å². The fourth-order valence-corrected chi connectivity index (χ4v) is 2.12. The Balaban J connectivity index is 2.42. The topological polar surface area (TPSA) is 55.1 Å². The summed E-state index contributed by atoms with van der Waals surface area (Å²) in [5, 5.41) is 13.0. The summed E-state index contributed by atoms with van der Waals surface area (Å²) in [5.41, 5.74) is 3.66. The zero-order valence-corrected chi connectivity index (χ0v) is 11.7. The Morgan fingerprint density at radius 2 is 2.17 bits per heavy atom. The molecule has 5 heteroatoms. The SMILES string of the molecule is Cc1ccc(-n2ncc(CC(=O)O)c2C)cc1Br. The molecule has 0 saturated heterocycles. The van der Waals surface area contributed by atoms with Gasteiger partial charge in [-0.1, -0.05) is 22.0 Å². The molecule has 0 bridgehead atoms. The first-order valence-corrected chi connectivity index (χ1v) is 6.30. The minimum Gasteiger partial charge on any atom is -0.481 e. The summed E-state index contributed by atoms with van der Waals surface area (Å²) >= 11 is 3.48. The molecule has 1 aromatic heterocycles. The normalized spacial score (nSPS) is 10.6. The van der Waals surface area contributed by atoms with Crippen molar-refractivity contribution in [3.05, 3.63) is 45.7 Å². The van der Waals surface area contributed by atoms with E-state index in [9.17, 15) is 4.79 Å². The van der Waals surface area contributed by atoms with Crippen LogP contribution in [-0.2, 0) is 11.2 Å². The van der Waals surface area contributed by atoms with Gasteiger partial charge in [-0.25, -0.2) is 4.68 Å². The number of nitrogens with zero attached hydrogens (tertiary/aromatic N) is 2. The summed E-state index contributed by atoms with van der Waals surface area (Å²) in [6.45, 7) is 3.89. The van der Waals surface area contributed by atoms with E-state index in [1.54, 1.807) is 10.9 Å². The van der Waals surface area contributed by atoms with Crippen molar-refractivity contribution < 1.29 is 9.90 Å². The molecule has 94 valence electrons. The van der Waals surface area contributed by atoms with Crippen LogP contribution in [0.3, 0.4) is 0 Å². The van der Waals surface area contributed by atoms with Gasteiger partial charge in [0, 0.05) is 15.7 Å². The van der Waals surface area contributed by atoms with Crippen LogP contribution >= 0.6 is 15.9 Å². The van der Waals surface area contributed by atoms with Crippen molar-refractivity contribution in [3.8, 4) is 5.69 Å². The molecule has 4 nitrogen and oxygen atoms in total. The monoisotopic (exact) mass is 308 g/mol. The molecule has 0 fully saturated rings. The molecule has 0 unspecified atom stereocenters. The molecule has 2 rings (SSSR count). The number of benzene rings is 1. The third-order valence-electron chi connectivity index (χ3n) is 2.85. The van der Waals surface area contributed by atoms with Crippen molar-refractivity contribution in [2.24, 2.45) is 0 Å². The third kappa shape index (κ3) is 2.46. The second kappa shape index (κ2) is 4.94. The molecule has 0 aliphatic heterocycles. The van der Waals surface area contributed by atoms with Gasteiger partial charge in [-0.2, -0.15) is 5.10 Å². The van der Waals surface area contributed by atoms with E-state index < -0.39 is 5.97 Å². The lowest BCUT2D eigenvalue weighted by molar-refractivity contribution is -0.136. The number of halogens is 1. The number of carbonyl (C=O) groups is 1. The maximum absolute atomic E-state index is 10.7. The van der Waals surface area contributed by atoms with Crippen LogP contribution < -0.4 is 0 Å². The van der Waals surface area contributed by atoms with Crippen molar-refractivity contribution in [1.82, 2.24) is 9.78 Å². The second-order valence-corrected chi connectivity index (χ2v) is 5.03. The van der Waals surface area contributed by atoms with Crippen LogP contribution in [0.1, 0.15) is 16.8 Å². The molecular weight excluding hydrogens is 296 g/mol. The Bertz CT molecular complexity index is 605. The average Bonchev–Trinajstić information content (AvgIpc) is 2.64. The second-order valence-electron chi connectivity index (χ2n) is 4.17. The molecule has 0 spiro atoms. The highest BCUT2D eigenvalue weighted by Gasteiger charge is 2.11. The average molecular weight is 309 g/mol. The fraction of sp³-hybridized carbons (Fsp3) is 0.231. The van der Waals surface area contributed by atoms with Crippen LogP contribution in [0.2, 0.25) is 0 Å². The van der Waals surface area contributed by atoms with Gasteiger partial charge < -0.3 is 5.11 Å². The number of aryl methyl sites for hydroxylation is 1. The lowest BCUT2D eigenvalue weighted by atomic mass is 10.2. The van der Waals surface area contributed by atoms with Crippen LogP contribution in [0, 0.1) is 13.8 Å². The Labute approximate surface area is 113 Å². The maximum Gasteiger partial charge on any atom is 0.307 e. The number of aliphatic carboxylic acids is 1. The summed E-state index contributed by atoms with van der Waals surface area (Å²) in [5.74, 6) is -0.845. The highest BCUT2D eigenvalue weighted by molar-refractivity contribution is 9.10. The Morgan fingerprint density at radius 3 is 2.78 bits per heavy atom. The molecule has 0 atom stereocenters. The number of rotatable bonds is 3. The Hall–Kier alpha value is -1.62. The molecule has 0 aliphatic carbocycles. The molecule has 0 radical (unpaired) electrons. The van der Waals surface area contributed by atoms with Gasteiger partial charge in [0.05, 0.1) is 18.3 Å². The standard InChI is InChI=1S/C13H13BrN2O2/c1-8-3-4-11(6-12(8)14)16-9(2)10(7-15-16)5-13(17)18/h3-4,6-7H,5H2,1-2H3,(H,17,18). The molecule has 0 aliphatic rings. The van der Waals surface area contributed by atoms with Gasteiger partial charge in [0.15, 0.2) is 0 Å². The molecule has 1 heterocycles. The molecule has 1 N–H and O–H groups in total. The van der Waals surface area contributed by atoms with Gasteiger partial charge in [0.2, 0.25) is 0 Å². The summed E-state index contributed by atoms with van der Waals surface area (Å²) in [4.78, 5) is 10.7. The first kappa shape index (κ1) is 12.8. The number of carboxylic acid groups (broad SMARTS) is 1. The van der Waals surface area contributed by atoms with E-state index in [4.69, 9.17) is 5.11 Å². The molecule has 1 aromatic carbocycles. The van der Waals surface area contributed by atoms with Crippen molar-refractivity contribution in [2.45, 2.75) is 20.3 Å². The van der Waals surface area contributed by atoms with Gasteiger partial charge in [-0.15, -0.1) is 0 Å². The van der Waals surface area contributed by atoms with E-state index in [0.29, 0.717) is 0 Å². The van der Waals surface area contributed by atoms with Gasteiger partial charge in [0.25, 0.3) is 0 Å². The number of hydrogen-bond acceptors (Lipinski definition) is 2. The Kier molecular flexibility index (Phi) is 3.52. The van der Waals surface area contributed by atoms with Crippen molar-refractivity contribution in [3.63, 3.8) is 0 Å². The largest absolute Gasteiger partial charge is 0.481 e. The van der Waals surface area contributed by atoms with E-state index >= 15 is 0 Å². The van der Waals surface area contributed by atoms with Gasteiger partial charge in [-0.05, 0) is 31.5 Å². The Morgan fingerprint density at radius 1 is 1.44 bits per heavy atom. The summed E-state index contributed by atoms with van der Waals surface area (Å²) in [6, 6.07) is 5.93. The van der Waals surface area contributed by atoms with E-state index in [1.807, 2.05) is 32.0 Å². The van der Waals surface area contributed by atoms with Gasteiger partial charge in [0.1, 0.15) is 0 Å². The van der Waals surface area contributed by atoms with Crippen LogP contribution in [0.5, 0.6) is 0 Å². The van der Waals surface area contributed by atoms with E-state index in [2.05, 4.69) is 21.0 Å². The summed E-state index contributed by atoms with van der Waals surface area (Å²) in [7, 11) is 0. The molecule has 18 heavy (non-hydrogen) atoms. The first-order valence-electron chi connectivity index (χ1n) is 5.51.